The largest absolute Gasteiger partial charge is 0.337 e. The van der Waals surface area contributed by atoms with E-state index in [0.29, 0.717) is 18.9 Å². The van der Waals surface area contributed by atoms with E-state index < -0.39 is 0 Å². The van der Waals surface area contributed by atoms with Crippen LogP contribution < -0.4 is 5.56 Å². The monoisotopic (exact) mass is 365 g/mol. The Bertz CT molecular complexity index is 991. The molecule has 1 amide bonds. The highest BCUT2D eigenvalue weighted by Gasteiger charge is 2.15. The molecule has 0 saturated heterocycles. The number of carbonyl (C=O) groups excluding carboxylic acids is 1. The van der Waals surface area contributed by atoms with Gasteiger partial charge in [-0.2, -0.15) is 5.10 Å². The lowest BCUT2D eigenvalue weighted by molar-refractivity contribution is -0.132. The second-order valence-corrected chi connectivity index (χ2v) is 6.42. The van der Waals surface area contributed by atoms with Gasteiger partial charge >= 0.3 is 0 Å². The molecular weight excluding hydrogens is 342 g/mol. The predicted molar refractivity (Wildman–Crippen MR) is 103 cm³/mol. The second kappa shape index (κ2) is 7.99. The normalized spacial score (nSPS) is 10.8. The quantitative estimate of drug-likeness (QED) is 0.670. The van der Waals surface area contributed by atoms with Crippen LogP contribution in [0.2, 0.25) is 0 Å². The summed E-state index contributed by atoms with van der Waals surface area (Å²) >= 11 is 0. The van der Waals surface area contributed by atoms with Crippen molar-refractivity contribution in [3.05, 3.63) is 75.8 Å². The molecule has 7 nitrogen and oxygen atoms in total. The zero-order valence-electron chi connectivity index (χ0n) is 15.8. The SMILES string of the molecule is CCN(Cc1ccccc1)C(=O)Cn1nc(-n2nc(C)cc2C)ccc1=O. The molecule has 0 spiro atoms. The molecule has 3 rings (SSSR count). The Labute approximate surface area is 157 Å². The van der Waals surface area contributed by atoms with Crippen LogP contribution in [0.3, 0.4) is 0 Å². The number of aromatic nitrogens is 4. The van der Waals surface area contributed by atoms with Crippen molar-refractivity contribution in [2.24, 2.45) is 0 Å². The van der Waals surface area contributed by atoms with E-state index >= 15 is 0 Å². The van der Waals surface area contributed by atoms with Gasteiger partial charge in [-0.15, -0.1) is 5.10 Å². The number of hydrogen-bond donors (Lipinski definition) is 0. The van der Waals surface area contributed by atoms with E-state index in [-0.39, 0.29) is 18.0 Å². The molecule has 2 aromatic heterocycles. The number of benzene rings is 1. The van der Waals surface area contributed by atoms with Gasteiger partial charge in [0, 0.05) is 24.8 Å². The number of rotatable bonds is 6. The molecule has 0 atom stereocenters. The molecular formula is C20H23N5O2. The highest BCUT2D eigenvalue weighted by Crippen LogP contribution is 2.08. The van der Waals surface area contributed by atoms with Gasteiger partial charge in [-0.3, -0.25) is 9.59 Å². The zero-order valence-corrected chi connectivity index (χ0v) is 15.8. The summed E-state index contributed by atoms with van der Waals surface area (Å²) in [6, 6.07) is 14.7. The van der Waals surface area contributed by atoms with E-state index in [0.717, 1.165) is 17.0 Å². The fraction of sp³-hybridized carbons (Fsp3) is 0.300. The van der Waals surface area contributed by atoms with Crippen LogP contribution in [0.15, 0.2) is 53.3 Å². The van der Waals surface area contributed by atoms with Crippen molar-refractivity contribution in [3.8, 4) is 5.82 Å². The molecule has 3 aromatic rings. The fourth-order valence-corrected chi connectivity index (χ4v) is 2.93. The molecule has 0 N–H and O–H groups in total. The smallest absolute Gasteiger partial charge is 0.267 e. The molecule has 2 heterocycles. The molecule has 0 radical (unpaired) electrons. The maximum atomic E-state index is 12.7. The first kappa shape index (κ1) is 18.6. The Kier molecular flexibility index (Phi) is 5.49. The van der Waals surface area contributed by atoms with E-state index in [2.05, 4.69) is 10.2 Å². The van der Waals surface area contributed by atoms with Gasteiger partial charge in [0.2, 0.25) is 5.91 Å². The third-order valence-electron chi connectivity index (χ3n) is 4.31. The highest BCUT2D eigenvalue weighted by molar-refractivity contribution is 5.75. The predicted octanol–water partition coefficient (Wildman–Crippen LogP) is 2.09. The molecule has 0 aliphatic rings. The third kappa shape index (κ3) is 4.31. The summed E-state index contributed by atoms with van der Waals surface area (Å²) in [7, 11) is 0. The molecule has 27 heavy (non-hydrogen) atoms. The number of aryl methyl sites for hydroxylation is 2. The molecule has 1 aromatic carbocycles. The first-order chi connectivity index (χ1) is 13.0. The van der Waals surface area contributed by atoms with Crippen molar-refractivity contribution < 1.29 is 4.79 Å². The van der Waals surface area contributed by atoms with E-state index in [1.54, 1.807) is 15.6 Å². The summed E-state index contributed by atoms with van der Waals surface area (Å²) < 4.78 is 2.86. The second-order valence-electron chi connectivity index (χ2n) is 6.42. The number of amides is 1. The number of carbonyl (C=O) groups is 1. The van der Waals surface area contributed by atoms with Gasteiger partial charge in [0.1, 0.15) is 6.54 Å². The highest BCUT2D eigenvalue weighted by atomic mass is 16.2. The van der Waals surface area contributed by atoms with Gasteiger partial charge in [-0.05, 0) is 38.5 Å². The molecule has 7 heteroatoms. The third-order valence-corrected chi connectivity index (χ3v) is 4.31. The maximum Gasteiger partial charge on any atom is 0.267 e. The van der Waals surface area contributed by atoms with Crippen LogP contribution in [-0.4, -0.2) is 36.9 Å². The lowest BCUT2D eigenvalue weighted by atomic mass is 10.2. The van der Waals surface area contributed by atoms with Crippen LogP contribution >= 0.6 is 0 Å². The van der Waals surface area contributed by atoms with Crippen LogP contribution in [0.25, 0.3) is 5.82 Å². The van der Waals surface area contributed by atoms with Crippen molar-refractivity contribution in [3.63, 3.8) is 0 Å². The van der Waals surface area contributed by atoms with Crippen molar-refractivity contribution >= 4 is 5.91 Å². The minimum atomic E-state index is -0.315. The van der Waals surface area contributed by atoms with Crippen LogP contribution in [0.5, 0.6) is 0 Å². The molecule has 0 aliphatic carbocycles. The average molecular weight is 365 g/mol. The standard InChI is InChI=1S/C20H23N5O2/c1-4-23(13-17-8-6-5-7-9-17)20(27)14-24-19(26)11-10-18(22-24)25-16(3)12-15(2)21-25/h5-12H,4,13-14H2,1-3H3. The maximum absolute atomic E-state index is 12.7. The van der Waals surface area contributed by atoms with Crippen molar-refractivity contribution in [1.29, 1.82) is 0 Å². The zero-order chi connectivity index (χ0) is 19.4. The molecule has 0 unspecified atom stereocenters. The van der Waals surface area contributed by atoms with Gasteiger partial charge in [0.05, 0.1) is 5.69 Å². The molecule has 140 valence electrons. The lowest BCUT2D eigenvalue weighted by Crippen LogP contribution is -2.37. The summed E-state index contributed by atoms with van der Waals surface area (Å²) in [5, 5.41) is 8.72. The topological polar surface area (TPSA) is 73.0 Å². The van der Waals surface area contributed by atoms with Crippen LogP contribution in [0, 0.1) is 13.8 Å². The molecule has 0 fully saturated rings. The van der Waals surface area contributed by atoms with Crippen molar-refractivity contribution in [1.82, 2.24) is 24.5 Å². The van der Waals surface area contributed by atoms with Gasteiger partial charge in [0.15, 0.2) is 5.82 Å². The van der Waals surface area contributed by atoms with Gasteiger partial charge in [-0.25, -0.2) is 9.36 Å². The van der Waals surface area contributed by atoms with Crippen LogP contribution in [0.1, 0.15) is 23.9 Å². The average Bonchev–Trinajstić information content (AvgIpc) is 3.00. The summed E-state index contributed by atoms with van der Waals surface area (Å²) in [6.45, 7) is 6.68. The van der Waals surface area contributed by atoms with E-state index in [4.69, 9.17) is 0 Å². The molecule has 0 aliphatic heterocycles. The minimum Gasteiger partial charge on any atom is -0.337 e. The fourth-order valence-electron chi connectivity index (χ4n) is 2.93. The number of hydrogen-bond acceptors (Lipinski definition) is 4. The first-order valence-corrected chi connectivity index (χ1v) is 8.91. The summed E-state index contributed by atoms with van der Waals surface area (Å²) in [5.74, 6) is 0.362. The van der Waals surface area contributed by atoms with Crippen LogP contribution in [0.4, 0.5) is 0 Å². The van der Waals surface area contributed by atoms with Gasteiger partial charge < -0.3 is 4.90 Å². The Morgan fingerprint density at radius 2 is 1.81 bits per heavy atom. The van der Waals surface area contributed by atoms with Gasteiger partial charge in [-0.1, -0.05) is 30.3 Å². The van der Waals surface area contributed by atoms with E-state index in [9.17, 15) is 9.59 Å². The van der Waals surface area contributed by atoms with Crippen molar-refractivity contribution in [2.45, 2.75) is 33.9 Å². The number of nitrogens with zero attached hydrogens (tertiary/aromatic N) is 5. The Hall–Kier alpha value is -3.22. The minimum absolute atomic E-state index is 0.105. The Morgan fingerprint density at radius 1 is 1.07 bits per heavy atom. The lowest BCUT2D eigenvalue weighted by Gasteiger charge is -2.21. The first-order valence-electron chi connectivity index (χ1n) is 8.91. The van der Waals surface area contributed by atoms with Gasteiger partial charge in [0.25, 0.3) is 5.56 Å². The summed E-state index contributed by atoms with van der Waals surface area (Å²) in [6.07, 6.45) is 0. The van der Waals surface area contributed by atoms with Crippen molar-refractivity contribution in [2.75, 3.05) is 6.54 Å². The number of likely N-dealkylation sites (N-methyl/N-ethyl adjacent to an activating group) is 1. The van der Waals surface area contributed by atoms with Crippen LogP contribution in [-0.2, 0) is 17.9 Å². The molecule has 0 saturated carbocycles. The van der Waals surface area contributed by atoms with E-state index in [1.165, 1.54) is 10.7 Å². The van der Waals surface area contributed by atoms with E-state index in [1.807, 2.05) is 57.2 Å². The Balaban J connectivity index is 1.81. The summed E-state index contributed by atoms with van der Waals surface area (Å²) in [5.41, 5.74) is 2.51. The summed E-state index contributed by atoms with van der Waals surface area (Å²) in [4.78, 5) is 26.6. The Morgan fingerprint density at radius 3 is 2.44 bits per heavy atom. The molecule has 0 bridgehead atoms.